The summed E-state index contributed by atoms with van der Waals surface area (Å²) in [6.07, 6.45) is 0. The van der Waals surface area contributed by atoms with Crippen LogP contribution in [0.1, 0.15) is 5.56 Å². The van der Waals surface area contributed by atoms with E-state index in [0.717, 1.165) is 39.1 Å². The number of methoxy groups -OCH3 is 2. The van der Waals surface area contributed by atoms with Crippen molar-refractivity contribution in [2.75, 3.05) is 14.2 Å². The number of aromatic nitrogens is 5. The van der Waals surface area contributed by atoms with Gasteiger partial charge in [0.25, 0.3) is 0 Å². The normalized spacial score (nSPS) is 11.0. The first-order valence-electron chi connectivity index (χ1n) is 12.3. The van der Waals surface area contributed by atoms with Crippen LogP contribution in [0.5, 0.6) is 11.5 Å². The topological polar surface area (TPSA) is 75.0 Å². The number of rotatable bonds is 7. The second-order valence-electron chi connectivity index (χ2n) is 8.81. The van der Waals surface area contributed by atoms with Gasteiger partial charge in [-0.25, -0.2) is 14.6 Å². The minimum Gasteiger partial charge on any atom is -0.497 e. The van der Waals surface area contributed by atoms with E-state index in [1.807, 2.05) is 95.7 Å². The summed E-state index contributed by atoms with van der Waals surface area (Å²) >= 11 is 0. The first kappa shape index (κ1) is 23.4. The predicted molar refractivity (Wildman–Crippen MR) is 148 cm³/mol. The van der Waals surface area contributed by atoms with E-state index in [1.54, 1.807) is 14.2 Å². The number of para-hydroxylation sites is 2. The van der Waals surface area contributed by atoms with E-state index < -0.39 is 0 Å². The van der Waals surface area contributed by atoms with Gasteiger partial charge in [-0.3, -0.25) is 0 Å². The van der Waals surface area contributed by atoms with Gasteiger partial charge in [-0.15, -0.1) is 5.10 Å². The van der Waals surface area contributed by atoms with Crippen LogP contribution in [0.4, 0.5) is 0 Å². The zero-order chi connectivity index (χ0) is 25.9. The Morgan fingerprint density at radius 2 is 1.16 bits per heavy atom. The fraction of sp³-hybridized carbons (Fsp3) is 0.0968. The second-order valence-corrected chi connectivity index (χ2v) is 8.81. The highest BCUT2D eigenvalue weighted by atomic mass is 16.5. The molecule has 0 spiro atoms. The van der Waals surface area contributed by atoms with Crippen molar-refractivity contribution in [3.8, 4) is 45.4 Å². The summed E-state index contributed by atoms with van der Waals surface area (Å²) in [5.74, 6) is 1.43. The molecule has 0 bridgehead atoms. The summed E-state index contributed by atoms with van der Waals surface area (Å²) in [6.45, 7) is 0.465. The van der Waals surface area contributed by atoms with E-state index in [4.69, 9.17) is 19.4 Å². The number of hydrogen-bond acceptors (Lipinski definition) is 6. The molecule has 0 aliphatic rings. The van der Waals surface area contributed by atoms with Crippen molar-refractivity contribution in [3.63, 3.8) is 0 Å². The van der Waals surface area contributed by atoms with Gasteiger partial charge < -0.3 is 9.47 Å². The maximum Gasteiger partial charge on any atom is 0.141 e. The van der Waals surface area contributed by atoms with Crippen molar-refractivity contribution in [3.05, 3.63) is 109 Å². The molecule has 186 valence electrons. The largest absolute Gasteiger partial charge is 0.497 e. The fourth-order valence-corrected chi connectivity index (χ4v) is 4.56. The van der Waals surface area contributed by atoms with E-state index in [1.165, 1.54) is 0 Å². The zero-order valence-corrected chi connectivity index (χ0v) is 21.1. The van der Waals surface area contributed by atoms with Crippen LogP contribution in [-0.4, -0.2) is 39.2 Å². The van der Waals surface area contributed by atoms with E-state index in [9.17, 15) is 0 Å². The van der Waals surface area contributed by atoms with E-state index in [2.05, 4.69) is 22.4 Å². The average Bonchev–Trinajstić information content (AvgIpc) is 3.40. The molecule has 2 aromatic heterocycles. The molecule has 0 atom stereocenters. The Labute approximate surface area is 220 Å². The average molecular weight is 500 g/mol. The van der Waals surface area contributed by atoms with Crippen molar-refractivity contribution in [1.29, 1.82) is 0 Å². The molecule has 0 N–H and O–H groups in total. The Hall–Kier alpha value is -5.04. The van der Waals surface area contributed by atoms with Crippen molar-refractivity contribution >= 4 is 11.0 Å². The highest BCUT2D eigenvalue weighted by Gasteiger charge is 2.23. The number of hydrogen-bond donors (Lipinski definition) is 0. The maximum atomic E-state index is 5.49. The molecule has 2 heterocycles. The molecular weight excluding hydrogens is 474 g/mol. The fourth-order valence-electron chi connectivity index (χ4n) is 4.56. The van der Waals surface area contributed by atoms with Gasteiger partial charge in [0.2, 0.25) is 0 Å². The molecular formula is C31H25N5O2. The van der Waals surface area contributed by atoms with Gasteiger partial charge in [-0.2, -0.15) is 0 Å². The number of ether oxygens (including phenoxy) is 2. The molecule has 0 radical (unpaired) electrons. The van der Waals surface area contributed by atoms with E-state index >= 15 is 0 Å². The van der Waals surface area contributed by atoms with Gasteiger partial charge in [-0.05, 0) is 29.8 Å². The van der Waals surface area contributed by atoms with E-state index in [-0.39, 0.29) is 0 Å². The molecule has 7 heteroatoms. The van der Waals surface area contributed by atoms with Crippen LogP contribution in [-0.2, 0) is 6.54 Å². The Kier molecular flexibility index (Phi) is 6.24. The molecule has 0 saturated heterocycles. The molecule has 4 aromatic carbocycles. The Morgan fingerprint density at radius 1 is 0.605 bits per heavy atom. The summed E-state index contributed by atoms with van der Waals surface area (Å²) < 4.78 is 12.9. The van der Waals surface area contributed by atoms with Gasteiger partial charge in [0.05, 0.1) is 43.2 Å². The van der Waals surface area contributed by atoms with Gasteiger partial charge in [0.15, 0.2) is 0 Å². The smallest absolute Gasteiger partial charge is 0.141 e. The molecule has 38 heavy (non-hydrogen) atoms. The van der Waals surface area contributed by atoms with Crippen molar-refractivity contribution < 1.29 is 9.47 Å². The van der Waals surface area contributed by atoms with Crippen LogP contribution in [0.15, 0.2) is 103 Å². The van der Waals surface area contributed by atoms with Gasteiger partial charge >= 0.3 is 0 Å². The summed E-state index contributed by atoms with van der Waals surface area (Å²) in [7, 11) is 3.29. The molecule has 7 nitrogen and oxygen atoms in total. The van der Waals surface area contributed by atoms with Crippen LogP contribution in [0.25, 0.3) is 44.9 Å². The minimum atomic E-state index is 0.465. The molecule has 0 unspecified atom stereocenters. The monoisotopic (exact) mass is 499 g/mol. The SMILES string of the molecule is COc1cc(Cn2nnc(-c3nc4ccccc4nc3-c3ccccc3)c2-c2ccccc2)cc(OC)c1. The highest BCUT2D eigenvalue weighted by Crippen LogP contribution is 2.36. The van der Waals surface area contributed by atoms with Crippen molar-refractivity contribution in [1.82, 2.24) is 25.0 Å². The molecule has 0 fully saturated rings. The van der Waals surface area contributed by atoms with Crippen LogP contribution in [0.3, 0.4) is 0 Å². The third-order valence-corrected chi connectivity index (χ3v) is 6.37. The van der Waals surface area contributed by atoms with Crippen LogP contribution in [0, 0.1) is 0 Å². The first-order chi connectivity index (χ1) is 18.7. The number of fused-ring (bicyclic) bond motifs is 1. The lowest BCUT2D eigenvalue weighted by atomic mass is 10.0. The van der Waals surface area contributed by atoms with Crippen LogP contribution in [0.2, 0.25) is 0 Å². The Balaban J connectivity index is 1.57. The summed E-state index contributed by atoms with van der Waals surface area (Å²) in [6, 6.07) is 33.9. The lowest BCUT2D eigenvalue weighted by molar-refractivity contribution is 0.393. The lowest BCUT2D eigenvalue weighted by Crippen LogP contribution is -2.05. The minimum absolute atomic E-state index is 0.465. The zero-order valence-electron chi connectivity index (χ0n) is 21.1. The second kappa shape index (κ2) is 10.1. The van der Waals surface area contributed by atoms with Crippen LogP contribution < -0.4 is 9.47 Å². The molecule has 6 rings (SSSR count). The Morgan fingerprint density at radius 3 is 1.76 bits per heavy atom. The third-order valence-electron chi connectivity index (χ3n) is 6.37. The molecule has 0 aliphatic heterocycles. The molecule has 0 amide bonds. The molecule has 0 aliphatic carbocycles. The molecule has 0 saturated carbocycles. The van der Waals surface area contributed by atoms with Gasteiger partial charge in [0, 0.05) is 17.2 Å². The van der Waals surface area contributed by atoms with Gasteiger partial charge in [0.1, 0.15) is 22.9 Å². The Bertz CT molecular complexity index is 1690. The first-order valence-corrected chi connectivity index (χ1v) is 12.3. The quantitative estimate of drug-likeness (QED) is 0.257. The highest BCUT2D eigenvalue weighted by molar-refractivity contribution is 5.89. The molecule has 6 aromatic rings. The van der Waals surface area contributed by atoms with Crippen molar-refractivity contribution in [2.45, 2.75) is 6.54 Å². The lowest BCUT2D eigenvalue weighted by Gasteiger charge is -2.13. The van der Waals surface area contributed by atoms with Crippen molar-refractivity contribution in [2.24, 2.45) is 0 Å². The number of nitrogens with zero attached hydrogens (tertiary/aromatic N) is 5. The van der Waals surface area contributed by atoms with Crippen LogP contribution >= 0.6 is 0 Å². The van der Waals surface area contributed by atoms with Gasteiger partial charge in [-0.1, -0.05) is 78.0 Å². The standard InChI is InChI=1S/C31H25N5O2/c1-37-24-17-21(18-25(19-24)38-2)20-36-31(23-13-7-4-8-14-23)30(34-35-36)29-28(22-11-5-3-6-12-22)32-26-15-9-10-16-27(26)33-29/h3-19H,20H2,1-2H3. The summed E-state index contributed by atoms with van der Waals surface area (Å²) in [4.78, 5) is 10.1. The number of benzene rings is 4. The van der Waals surface area contributed by atoms with E-state index in [0.29, 0.717) is 29.4 Å². The third kappa shape index (κ3) is 4.46. The predicted octanol–water partition coefficient (Wildman–Crippen LogP) is 6.29. The summed E-state index contributed by atoms with van der Waals surface area (Å²) in [5, 5.41) is 9.29. The summed E-state index contributed by atoms with van der Waals surface area (Å²) in [5.41, 5.74) is 7.52. The maximum absolute atomic E-state index is 5.49.